The summed E-state index contributed by atoms with van der Waals surface area (Å²) in [6.45, 7) is 1.32. The number of nitrogens with one attached hydrogen (secondary N) is 1. The maximum Gasteiger partial charge on any atom is 0.239 e. The molecule has 0 aliphatic heterocycles. The van der Waals surface area contributed by atoms with Gasteiger partial charge in [-0.25, -0.2) is 9.07 Å². The first-order valence-electron chi connectivity index (χ1n) is 7.35. The number of alkyl halides is 2. The number of anilines is 1. The molecule has 0 saturated carbocycles. The number of rotatable bonds is 8. The normalized spacial score (nSPS) is 12.1. The largest absolute Gasteiger partial charge is 0.349 e. The van der Waals surface area contributed by atoms with E-state index in [1.807, 2.05) is 25.1 Å². The molecule has 0 spiro atoms. The van der Waals surface area contributed by atoms with Crippen LogP contribution in [-0.4, -0.2) is 34.8 Å². The van der Waals surface area contributed by atoms with Crippen molar-refractivity contribution in [2.75, 3.05) is 24.5 Å². The first kappa shape index (κ1) is 17.4. The minimum atomic E-state index is -0.627. The van der Waals surface area contributed by atoms with Crippen LogP contribution in [0.5, 0.6) is 0 Å². The number of aromatic nitrogens is 2. The second-order valence-corrected chi connectivity index (χ2v) is 5.08. The number of ether oxygens (including phenoxy) is 1. The topological polar surface area (TPSA) is 56.1 Å². The average molecular weight is 340 g/mol. The number of aryl methyl sites for hydroxylation is 1. The summed E-state index contributed by atoms with van der Waals surface area (Å²) in [6, 6.07) is 7.38. The van der Waals surface area contributed by atoms with Crippen LogP contribution in [0.3, 0.4) is 0 Å². The van der Waals surface area contributed by atoms with Gasteiger partial charge in [0.15, 0.2) is 6.23 Å². The Morgan fingerprint density at radius 2 is 2.30 bits per heavy atom. The number of para-hydroxylation sites is 1. The first-order valence-corrected chi connectivity index (χ1v) is 7.89. The van der Waals surface area contributed by atoms with Crippen molar-refractivity contribution in [1.82, 2.24) is 9.78 Å². The molecule has 23 heavy (non-hydrogen) atoms. The third-order valence-corrected chi connectivity index (χ3v) is 3.58. The highest BCUT2D eigenvalue weighted by atomic mass is 35.5. The molecule has 1 atom stereocenters. The van der Waals surface area contributed by atoms with E-state index >= 15 is 0 Å². The summed E-state index contributed by atoms with van der Waals surface area (Å²) in [5, 5.41) is 6.99. The van der Waals surface area contributed by atoms with Crippen molar-refractivity contribution in [3.63, 3.8) is 0 Å². The number of nitrogens with zero attached hydrogens (tertiary/aromatic N) is 2. The first-order chi connectivity index (χ1) is 11.2. The van der Waals surface area contributed by atoms with Gasteiger partial charge in [-0.1, -0.05) is 25.1 Å². The molecule has 1 unspecified atom stereocenters. The summed E-state index contributed by atoms with van der Waals surface area (Å²) in [6.07, 6.45) is 3.44. The van der Waals surface area contributed by atoms with E-state index in [1.54, 1.807) is 23.1 Å². The summed E-state index contributed by atoms with van der Waals surface area (Å²) in [5.74, 6) is -0.451. The number of carbonyl (C=O) groups is 1. The van der Waals surface area contributed by atoms with E-state index in [2.05, 4.69) is 10.4 Å². The summed E-state index contributed by atoms with van der Waals surface area (Å²) in [5.41, 5.74) is 2.29. The Morgan fingerprint density at radius 3 is 2.91 bits per heavy atom. The molecule has 1 N–H and O–H groups in total. The summed E-state index contributed by atoms with van der Waals surface area (Å²) < 4.78 is 19.8. The van der Waals surface area contributed by atoms with Crippen molar-refractivity contribution in [2.24, 2.45) is 0 Å². The highest BCUT2D eigenvalue weighted by Crippen LogP contribution is 2.30. The molecule has 0 aliphatic rings. The fourth-order valence-corrected chi connectivity index (χ4v) is 2.40. The van der Waals surface area contributed by atoms with Crippen molar-refractivity contribution in [1.29, 1.82) is 0 Å². The zero-order valence-electron chi connectivity index (χ0n) is 12.8. The summed E-state index contributed by atoms with van der Waals surface area (Å²) >= 11 is 5.60. The van der Waals surface area contributed by atoms with E-state index in [9.17, 15) is 9.18 Å². The molecule has 7 heteroatoms. The van der Waals surface area contributed by atoms with Gasteiger partial charge >= 0.3 is 0 Å². The molecule has 5 nitrogen and oxygen atoms in total. The highest BCUT2D eigenvalue weighted by Gasteiger charge is 2.21. The number of benzene rings is 1. The van der Waals surface area contributed by atoms with Gasteiger partial charge in [-0.2, -0.15) is 5.10 Å². The Morgan fingerprint density at radius 1 is 1.48 bits per heavy atom. The van der Waals surface area contributed by atoms with Crippen LogP contribution in [0.15, 0.2) is 36.7 Å². The second-order valence-electron chi connectivity index (χ2n) is 4.81. The van der Waals surface area contributed by atoms with Crippen molar-refractivity contribution in [3.8, 4) is 0 Å². The molecule has 0 radical (unpaired) electrons. The molecule has 1 amide bonds. The number of carbonyl (C=O) groups excluding carboxylic acids is 1. The van der Waals surface area contributed by atoms with Gasteiger partial charge in [-0.15, -0.1) is 11.6 Å². The van der Waals surface area contributed by atoms with Crippen LogP contribution in [0.4, 0.5) is 10.1 Å². The number of halogens is 2. The lowest BCUT2D eigenvalue weighted by Gasteiger charge is -2.23. The molecule has 1 aromatic carbocycles. The monoisotopic (exact) mass is 339 g/mol. The van der Waals surface area contributed by atoms with Gasteiger partial charge in [-0.3, -0.25) is 4.79 Å². The third-order valence-electron chi connectivity index (χ3n) is 3.33. The molecule has 0 aliphatic carbocycles. The Kier molecular flexibility index (Phi) is 6.55. The van der Waals surface area contributed by atoms with Crippen LogP contribution in [0, 0.1) is 0 Å². The molecule has 0 saturated heterocycles. The van der Waals surface area contributed by atoms with Crippen LogP contribution in [0.25, 0.3) is 0 Å². The highest BCUT2D eigenvalue weighted by molar-refractivity contribution is 6.29. The fourth-order valence-electron chi connectivity index (χ4n) is 2.33. The lowest BCUT2D eigenvalue weighted by Crippen LogP contribution is -2.21. The lowest BCUT2D eigenvalue weighted by atomic mass is 10.0. The van der Waals surface area contributed by atoms with E-state index in [4.69, 9.17) is 16.3 Å². The maximum atomic E-state index is 12.6. The van der Waals surface area contributed by atoms with Gasteiger partial charge in [-0.05, 0) is 18.1 Å². The Bertz CT molecular complexity index is 634. The lowest BCUT2D eigenvalue weighted by molar-refractivity contribution is -0.113. The zero-order valence-corrected chi connectivity index (χ0v) is 13.6. The van der Waals surface area contributed by atoms with Crippen LogP contribution in [0.1, 0.15) is 24.3 Å². The smallest absolute Gasteiger partial charge is 0.239 e. The number of hydrogen-bond donors (Lipinski definition) is 1. The second kappa shape index (κ2) is 8.64. The van der Waals surface area contributed by atoms with Gasteiger partial charge in [0, 0.05) is 18.0 Å². The molecule has 1 aromatic heterocycles. The van der Waals surface area contributed by atoms with Crippen LogP contribution in [-0.2, 0) is 16.0 Å². The van der Waals surface area contributed by atoms with Crippen molar-refractivity contribution >= 4 is 23.2 Å². The molecule has 0 fully saturated rings. The fraction of sp³-hybridized carbons (Fsp3) is 0.375. The Labute approximate surface area is 139 Å². The van der Waals surface area contributed by atoms with Crippen molar-refractivity contribution in [3.05, 3.63) is 47.8 Å². The average Bonchev–Trinajstić information content (AvgIpc) is 3.10. The third kappa shape index (κ3) is 4.30. The van der Waals surface area contributed by atoms with E-state index in [-0.39, 0.29) is 18.4 Å². The summed E-state index contributed by atoms with van der Waals surface area (Å²) in [7, 11) is 0. The van der Waals surface area contributed by atoms with Crippen LogP contribution < -0.4 is 5.32 Å². The number of hydrogen-bond acceptors (Lipinski definition) is 3. The van der Waals surface area contributed by atoms with Crippen LogP contribution in [0.2, 0.25) is 0 Å². The van der Waals surface area contributed by atoms with Crippen molar-refractivity contribution in [2.45, 2.75) is 19.6 Å². The molecular weight excluding hydrogens is 321 g/mol. The van der Waals surface area contributed by atoms with Gasteiger partial charge in [0.1, 0.15) is 12.6 Å². The Balaban J connectivity index is 2.46. The Hall–Kier alpha value is -1.92. The van der Waals surface area contributed by atoms with E-state index in [1.165, 1.54) is 0 Å². The minimum Gasteiger partial charge on any atom is -0.349 e. The predicted molar refractivity (Wildman–Crippen MR) is 87.5 cm³/mol. The van der Waals surface area contributed by atoms with Gasteiger partial charge in [0.2, 0.25) is 5.91 Å². The summed E-state index contributed by atoms with van der Waals surface area (Å²) in [4.78, 5) is 11.8. The standard InChI is InChI=1S/C16H19ClFN3O2/c1-2-12-5-3-6-13(15(12)20-14(22)11-17)16(23-10-7-18)21-9-4-8-19-21/h3-6,8-9,16H,2,7,10-11H2,1H3,(H,20,22). The van der Waals surface area contributed by atoms with E-state index < -0.39 is 12.9 Å². The molecule has 0 bridgehead atoms. The van der Waals surface area contributed by atoms with Gasteiger partial charge in [0.25, 0.3) is 0 Å². The predicted octanol–water partition coefficient (Wildman–Crippen LogP) is 3.16. The molecular formula is C16H19ClFN3O2. The van der Waals surface area contributed by atoms with Crippen molar-refractivity contribution < 1.29 is 13.9 Å². The number of amides is 1. The molecule has 2 aromatic rings. The maximum absolute atomic E-state index is 12.6. The van der Waals surface area contributed by atoms with Gasteiger partial charge in [0.05, 0.1) is 12.3 Å². The van der Waals surface area contributed by atoms with Gasteiger partial charge < -0.3 is 10.1 Å². The quantitative estimate of drug-likeness (QED) is 0.752. The molecule has 1 heterocycles. The van der Waals surface area contributed by atoms with E-state index in [0.717, 1.165) is 12.0 Å². The zero-order chi connectivity index (χ0) is 16.7. The van der Waals surface area contributed by atoms with Crippen LogP contribution >= 0.6 is 11.6 Å². The van der Waals surface area contributed by atoms with E-state index in [0.29, 0.717) is 11.3 Å². The molecule has 124 valence electrons. The molecule has 2 rings (SSSR count). The minimum absolute atomic E-state index is 0.0657. The SMILES string of the molecule is CCc1cccc(C(OCCF)n2cccn2)c1NC(=O)CCl.